The summed E-state index contributed by atoms with van der Waals surface area (Å²) < 4.78 is 43.9. The fourth-order valence-electron chi connectivity index (χ4n) is 2.17. The van der Waals surface area contributed by atoms with Gasteiger partial charge in [-0.2, -0.15) is 8.78 Å². The van der Waals surface area contributed by atoms with Crippen molar-refractivity contribution in [1.82, 2.24) is 4.98 Å². The Bertz CT molecular complexity index is 949. The molecule has 0 atom stereocenters. The van der Waals surface area contributed by atoms with Gasteiger partial charge in [-0.1, -0.05) is 28.1 Å². The zero-order valence-electron chi connectivity index (χ0n) is 12.9. The molecule has 4 nitrogen and oxygen atoms in total. The van der Waals surface area contributed by atoms with Crippen molar-refractivity contribution >= 4 is 38.3 Å². The molecule has 0 saturated carbocycles. The van der Waals surface area contributed by atoms with Gasteiger partial charge in [-0.05, 0) is 30.3 Å². The Morgan fingerprint density at radius 1 is 1.23 bits per heavy atom. The number of benzene rings is 2. The van der Waals surface area contributed by atoms with Gasteiger partial charge in [0, 0.05) is 15.4 Å². The fraction of sp³-hybridized carbons (Fsp3) is 0.0588. The molecule has 0 unspecified atom stereocenters. The minimum atomic E-state index is -2.96. The van der Waals surface area contributed by atoms with Gasteiger partial charge in [-0.25, -0.2) is 9.37 Å². The van der Waals surface area contributed by atoms with Crippen LogP contribution in [0, 0.1) is 5.82 Å². The molecule has 3 rings (SSSR count). The largest absolute Gasteiger partial charge is 0.434 e. The van der Waals surface area contributed by atoms with Gasteiger partial charge in [0.15, 0.2) is 5.13 Å². The van der Waals surface area contributed by atoms with Gasteiger partial charge in [-0.15, -0.1) is 11.3 Å². The van der Waals surface area contributed by atoms with E-state index in [2.05, 4.69) is 31.0 Å². The van der Waals surface area contributed by atoms with E-state index in [1.54, 1.807) is 29.6 Å². The number of hydrogen-bond donors (Lipinski definition) is 1. The quantitative estimate of drug-likeness (QED) is 0.562. The summed E-state index contributed by atoms with van der Waals surface area (Å²) in [7, 11) is 0. The van der Waals surface area contributed by atoms with E-state index in [0.29, 0.717) is 15.7 Å². The van der Waals surface area contributed by atoms with E-state index >= 15 is 0 Å². The first-order valence-electron chi connectivity index (χ1n) is 7.20. The molecule has 3 aromatic rings. The van der Waals surface area contributed by atoms with Crippen LogP contribution in [0.15, 0.2) is 52.3 Å². The number of nitrogens with one attached hydrogen (secondary N) is 1. The topological polar surface area (TPSA) is 51.2 Å². The van der Waals surface area contributed by atoms with E-state index in [0.717, 1.165) is 11.3 Å². The highest BCUT2D eigenvalue weighted by Crippen LogP contribution is 2.33. The second-order valence-corrected chi connectivity index (χ2v) is 6.76. The van der Waals surface area contributed by atoms with Gasteiger partial charge < -0.3 is 4.74 Å². The number of aromatic nitrogens is 1. The average Bonchev–Trinajstić information content (AvgIpc) is 3.03. The van der Waals surface area contributed by atoms with Crippen molar-refractivity contribution < 1.29 is 22.7 Å². The van der Waals surface area contributed by atoms with Crippen molar-refractivity contribution in [3.05, 3.63) is 63.7 Å². The summed E-state index contributed by atoms with van der Waals surface area (Å²) in [5.41, 5.74) is 0.587. The van der Waals surface area contributed by atoms with Crippen LogP contribution in [0.1, 0.15) is 10.4 Å². The summed E-state index contributed by atoms with van der Waals surface area (Å²) in [4.78, 5) is 16.4. The van der Waals surface area contributed by atoms with E-state index in [4.69, 9.17) is 0 Å². The highest BCUT2D eigenvalue weighted by Gasteiger charge is 2.16. The summed E-state index contributed by atoms with van der Waals surface area (Å²) in [5, 5.41) is 4.29. The minimum absolute atomic E-state index is 0.0235. The first-order chi connectivity index (χ1) is 12.4. The van der Waals surface area contributed by atoms with Gasteiger partial charge in [0.1, 0.15) is 11.6 Å². The lowest BCUT2D eigenvalue weighted by Gasteiger charge is -2.08. The molecule has 0 saturated heterocycles. The number of amides is 1. The molecule has 0 fully saturated rings. The molecule has 0 aliphatic heterocycles. The van der Waals surface area contributed by atoms with Crippen LogP contribution in [0.3, 0.4) is 0 Å². The highest BCUT2D eigenvalue weighted by molar-refractivity contribution is 9.10. The van der Waals surface area contributed by atoms with Crippen LogP contribution in [-0.2, 0) is 0 Å². The fourth-order valence-corrected chi connectivity index (χ4v) is 3.21. The SMILES string of the molecule is O=C(Nc1nc(-c2ccccc2OC(F)F)cs1)c1ccc(Br)cc1F. The Balaban J connectivity index is 1.81. The van der Waals surface area contributed by atoms with Crippen LogP contribution in [-0.4, -0.2) is 17.5 Å². The molecular weight excluding hydrogens is 433 g/mol. The van der Waals surface area contributed by atoms with Crippen LogP contribution in [0.2, 0.25) is 0 Å². The molecule has 26 heavy (non-hydrogen) atoms. The van der Waals surface area contributed by atoms with Crippen molar-refractivity contribution in [3.8, 4) is 17.0 Å². The third-order valence-electron chi connectivity index (χ3n) is 3.28. The lowest BCUT2D eigenvalue weighted by Crippen LogP contribution is -2.13. The van der Waals surface area contributed by atoms with E-state index in [1.165, 1.54) is 18.2 Å². The highest BCUT2D eigenvalue weighted by atomic mass is 79.9. The third-order valence-corrected chi connectivity index (χ3v) is 4.53. The van der Waals surface area contributed by atoms with Crippen molar-refractivity contribution in [1.29, 1.82) is 0 Å². The first-order valence-corrected chi connectivity index (χ1v) is 8.87. The second kappa shape index (κ2) is 7.88. The molecule has 2 aromatic carbocycles. The second-order valence-electron chi connectivity index (χ2n) is 4.99. The first kappa shape index (κ1) is 18.4. The molecule has 9 heteroatoms. The van der Waals surface area contributed by atoms with Crippen LogP contribution < -0.4 is 10.1 Å². The van der Waals surface area contributed by atoms with E-state index in [-0.39, 0.29) is 16.4 Å². The third kappa shape index (κ3) is 4.23. The molecule has 0 aliphatic carbocycles. The maximum absolute atomic E-state index is 13.9. The number of thiazole rings is 1. The lowest BCUT2D eigenvalue weighted by atomic mass is 10.1. The Morgan fingerprint density at radius 2 is 2.00 bits per heavy atom. The zero-order chi connectivity index (χ0) is 18.7. The van der Waals surface area contributed by atoms with Crippen LogP contribution >= 0.6 is 27.3 Å². The molecule has 0 radical (unpaired) electrons. The molecule has 1 amide bonds. The van der Waals surface area contributed by atoms with Gasteiger partial charge in [0.2, 0.25) is 0 Å². The monoisotopic (exact) mass is 442 g/mol. The molecule has 1 N–H and O–H groups in total. The lowest BCUT2D eigenvalue weighted by molar-refractivity contribution is -0.0494. The zero-order valence-corrected chi connectivity index (χ0v) is 15.3. The van der Waals surface area contributed by atoms with Gasteiger partial charge >= 0.3 is 6.61 Å². The average molecular weight is 443 g/mol. The number of carbonyl (C=O) groups excluding carboxylic acids is 1. The Hall–Kier alpha value is -2.39. The number of hydrogen-bond acceptors (Lipinski definition) is 4. The molecule has 134 valence electrons. The molecule has 1 heterocycles. The molecule has 0 spiro atoms. The Labute approximate surface area is 158 Å². The van der Waals surface area contributed by atoms with E-state index in [1.807, 2.05) is 0 Å². The number of carbonyl (C=O) groups is 1. The number of alkyl halides is 2. The number of halogens is 4. The summed E-state index contributed by atoms with van der Waals surface area (Å²) in [6.07, 6.45) is 0. The standard InChI is InChI=1S/C17H10BrF3N2O2S/c18-9-5-6-10(12(19)7-9)15(24)23-17-22-13(8-26-17)11-3-1-2-4-14(11)25-16(20)21/h1-8,16H,(H,22,23,24). The number of rotatable bonds is 5. The summed E-state index contributed by atoms with van der Waals surface area (Å²) in [5.74, 6) is -1.36. The minimum Gasteiger partial charge on any atom is -0.434 e. The van der Waals surface area contributed by atoms with Crippen LogP contribution in [0.4, 0.5) is 18.3 Å². The van der Waals surface area contributed by atoms with Crippen molar-refractivity contribution in [3.63, 3.8) is 0 Å². The number of para-hydroxylation sites is 1. The molecule has 1 aromatic heterocycles. The predicted molar refractivity (Wildman–Crippen MR) is 96.2 cm³/mol. The number of nitrogens with zero attached hydrogens (tertiary/aromatic N) is 1. The molecule has 0 aliphatic rings. The van der Waals surface area contributed by atoms with Crippen molar-refractivity contribution in [2.75, 3.05) is 5.32 Å². The Morgan fingerprint density at radius 3 is 2.73 bits per heavy atom. The van der Waals surface area contributed by atoms with Gasteiger partial charge in [0.25, 0.3) is 5.91 Å². The maximum Gasteiger partial charge on any atom is 0.387 e. The van der Waals surface area contributed by atoms with E-state index < -0.39 is 18.3 Å². The number of ether oxygens (including phenoxy) is 1. The van der Waals surface area contributed by atoms with Gasteiger partial charge in [0.05, 0.1) is 11.3 Å². The normalized spacial score (nSPS) is 10.8. The van der Waals surface area contributed by atoms with Crippen molar-refractivity contribution in [2.24, 2.45) is 0 Å². The summed E-state index contributed by atoms with van der Waals surface area (Å²) >= 11 is 4.20. The van der Waals surface area contributed by atoms with Gasteiger partial charge in [-0.3, -0.25) is 10.1 Å². The predicted octanol–water partition coefficient (Wildman–Crippen LogP) is 5.57. The number of anilines is 1. The van der Waals surface area contributed by atoms with Crippen molar-refractivity contribution in [2.45, 2.75) is 6.61 Å². The summed E-state index contributed by atoms with van der Waals surface area (Å²) in [6, 6.07) is 10.3. The maximum atomic E-state index is 13.9. The van der Waals surface area contributed by atoms with Crippen LogP contribution in [0.5, 0.6) is 5.75 Å². The molecular formula is C17H10BrF3N2O2S. The smallest absolute Gasteiger partial charge is 0.387 e. The molecule has 0 bridgehead atoms. The van der Waals surface area contributed by atoms with Crippen LogP contribution in [0.25, 0.3) is 11.3 Å². The Kier molecular flexibility index (Phi) is 5.58. The van der Waals surface area contributed by atoms with E-state index in [9.17, 15) is 18.0 Å². The summed E-state index contributed by atoms with van der Waals surface area (Å²) in [6.45, 7) is -2.96.